The molecule has 0 spiro atoms. The first kappa shape index (κ1) is 12.9. The fourth-order valence-corrected chi connectivity index (χ4v) is 2.00. The van der Waals surface area contributed by atoms with Crippen molar-refractivity contribution in [2.75, 3.05) is 28.0 Å². The molecule has 7 heteroatoms. The molecule has 5 nitrogen and oxygen atoms in total. The first-order valence-electron chi connectivity index (χ1n) is 3.28. The molecule has 0 aromatic rings. The van der Waals surface area contributed by atoms with Crippen LogP contribution in [0.5, 0.6) is 0 Å². The van der Waals surface area contributed by atoms with Crippen molar-refractivity contribution in [1.29, 1.82) is 0 Å². The molecular formula is C6H12O5P2. The van der Waals surface area contributed by atoms with Gasteiger partial charge >= 0.3 is 7.60 Å². The van der Waals surface area contributed by atoms with E-state index in [2.05, 4.69) is 24.9 Å². The zero-order valence-corrected chi connectivity index (χ0v) is 9.72. The van der Waals surface area contributed by atoms with Gasteiger partial charge in [0.15, 0.2) is 0 Å². The van der Waals surface area contributed by atoms with Gasteiger partial charge in [0.25, 0.3) is 7.37 Å². The maximum absolute atomic E-state index is 11.3. The first-order valence-corrected chi connectivity index (χ1v) is 6.90. The van der Waals surface area contributed by atoms with Gasteiger partial charge in [0, 0.05) is 39.3 Å². The molecule has 0 saturated heterocycles. The third-order valence-electron chi connectivity index (χ3n) is 1.22. The van der Waals surface area contributed by atoms with Crippen LogP contribution in [0.25, 0.3) is 0 Å². The largest absolute Gasteiger partial charge is 0.405 e. The van der Waals surface area contributed by atoms with Crippen molar-refractivity contribution in [2.45, 2.75) is 0 Å². The minimum Gasteiger partial charge on any atom is -0.323 e. The van der Waals surface area contributed by atoms with E-state index < -0.39 is 15.0 Å². The van der Waals surface area contributed by atoms with Crippen LogP contribution in [-0.2, 0) is 22.7 Å². The molecule has 0 amide bonds. The van der Waals surface area contributed by atoms with Crippen molar-refractivity contribution < 1.29 is 22.7 Å². The highest BCUT2D eigenvalue weighted by molar-refractivity contribution is 7.65. The van der Waals surface area contributed by atoms with Gasteiger partial charge in [0.2, 0.25) is 0 Å². The molecule has 0 aliphatic heterocycles. The minimum absolute atomic E-state index is 1.20. The Bertz CT molecular complexity index is 305. The Hall–Kier alpha value is -0.100. The summed E-state index contributed by atoms with van der Waals surface area (Å²) in [7, 11) is -2.73. The summed E-state index contributed by atoms with van der Waals surface area (Å²) in [6.07, 6.45) is 0. The molecule has 0 heterocycles. The lowest BCUT2D eigenvalue weighted by Crippen LogP contribution is -1.84. The maximum atomic E-state index is 11.3. The van der Waals surface area contributed by atoms with E-state index in [0.29, 0.717) is 0 Å². The van der Waals surface area contributed by atoms with Gasteiger partial charge in [0.05, 0.1) is 0 Å². The fraction of sp³-hybridized carbons (Fsp3) is 0.667. The van der Waals surface area contributed by atoms with Crippen LogP contribution < -0.4 is 0 Å². The van der Waals surface area contributed by atoms with Crippen LogP contribution in [0.15, 0.2) is 0 Å². The number of hydrogen-bond donors (Lipinski definition) is 0. The van der Waals surface area contributed by atoms with E-state index in [-0.39, 0.29) is 0 Å². The van der Waals surface area contributed by atoms with Gasteiger partial charge in [-0.05, 0) is 0 Å². The fourth-order valence-electron chi connectivity index (χ4n) is 0.364. The van der Waals surface area contributed by atoms with Gasteiger partial charge in [-0.25, -0.2) is 4.57 Å². The van der Waals surface area contributed by atoms with Crippen molar-refractivity contribution in [3.8, 4) is 11.3 Å². The summed E-state index contributed by atoms with van der Waals surface area (Å²) in [5.41, 5.74) is 4.38. The topological polar surface area (TPSA) is 61.8 Å². The lowest BCUT2D eigenvalue weighted by Gasteiger charge is -2.05. The summed E-state index contributed by atoms with van der Waals surface area (Å²) in [6, 6.07) is 0. The van der Waals surface area contributed by atoms with E-state index in [4.69, 9.17) is 0 Å². The Morgan fingerprint density at radius 1 is 0.923 bits per heavy atom. The van der Waals surface area contributed by atoms with E-state index in [9.17, 15) is 9.13 Å². The Kier molecular flexibility index (Phi) is 4.91. The highest BCUT2D eigenvalue weighted by atomic mass is 31.2. The summed E-state index contributed by atoms with van der Waals surface area (Å²) in [5.74, 6) is 0. The molecule has 1 unspecified atom stereocenters. The van der Waals surface area contributed by atoms with Crippen molar-refractivity contribution in [3.05, 3.63) is 0 Å². The monoisotopic (exact) mass is 226 g/mol. The summed E-state index contributed by atoms with van der Waals surface area (Å²) < 4.78 is 36.1. The molecule has 0 rings (SSSR count). The summed E-state index contributed by atoms with van der Waals surface area (Å²) >= 11 is 0. The Labute approximate surface area is 77.7 Å². The quantitative estimate of drug-likeness (QED) is 0.543. The standard InChI is InChI=1S/C6H12O5P2/c1-9-12(4,7)5-6-13(8,10-2)11-3/h1-4H3. The molecule has 0 aromatic heterocycles. The third kappa shape index (κ3) is 4.61. The van der Waals surface area contributed by atoms with E-state index in [1.54, 1.807) is 0 Å². The second kappa shape index (κ2) is 4.95. The van der Waals surface area contributed by atoms with Crippen LogP contribution in [0.1, 0.15) is 0 Å². The van der Waals surface area contributed by atoms with Crippen molar-refractivity contribution in [1.82, 2.24) is 0 Å². The van der Waals surface area contributed by atoms with Crippen molar-refractivity contribution in [2.24, 2.45) is 0 Å². The Balaban J connectivity index is 4.76. The highest BCUT2D eigenvalue weighted by Crippen LogP contribution is 2.48. The Morgan fingerprint density at radius 2 is 1.38 bits per heavy atom. The second-order valence-corrected chi connectivity index (χ2v) is 6.34. The molecular weight excluding hydrogens is 214 g/mol. The van der Waals surface area contributed by atoms with Gasteiger partial charge in [-0.2, -0.15) is 0 Å². The van der Waals surface area contributed by atoms with Gasteiger partial charge in [-0.3, -0.25) is 4.57 Å². The molecule has 76 valence electrons. The van der Waals surface area contributed by atoms with E-state index >= 15 is 0 Å². The molecule has 0 aromatic carbocycles. The van der Waals surface area contributed by atoms with Gasteiger partial charge < -0.3 is 13.6 Å². The van der Waals surface area contributed by atoms with Crippen LogP contribution in [0.2, 0.25) is 0 Å². The summed E-state index contributed by atoms with van der Waals surface area (Å²) in [6.45, 7) is 1.32. The van der Waals surface area contributed by atoms with Gasteiger partial charge in [0.1, 0.15) is 0 Å². The molecule has 0 fully saturated rings. The highest BCUT2D eigenvalue weighted by Gasteiger charge is 2.18. The number of rotatable bonds is 3. The molecule has 0 N–H and O–H groups in total. The third-order valence-corrected chi connectivity index (χ3v) is 3.96. The lowest BCUT2D eigenvalue weighted by atomic mass is 11.4. The van der Waals surface area contributed by atoms with Crippen LogP contribution in [0, 0.1) is 11.3 Å². The normalized spacial score (nSPS) is 15.7. The SMILES string of the molecule is COP(C)(=O)C#CP(=O)(OC)OC. The van der Waals surface area contributed by atoms with Crippen LogP contribution in [-0.4, -0.2) is 28.0 Å². The molecule has 0 aliphatic rings. The predicted molar refractivity (Wildman–Crippen MR) is 49.9 cm³/mol. The van der Waals surface area contributed by atoms with Crippen LogP contribution >= 0.6 is 15.0 Å². The zero-order valence-electron chi connectivity index (χ0n) is 7.94. The van der Waals surface area contributed by atoms with Gasteiger partial charge in [-0.1, -0.05) is 0 Å². The van der Waals surface area contributed by atoms with Crippen LogP contribution in [0.3, 0.4) is 0 Å². The zero-order chi connectivity index (χ0) is 10.5. The molecule has 0 radical (unpaired) electrons. The first-order chi connectivity index (χ1) is 5.89. The minimum atomic E-state index is -3.40. The molecule has 0 aliphatic carbocycles. The molecule has 0 bridgehead atoms. The molecule has 13 heavy (non-hydrogen) atoms. The van der Waals surface area contributed by atoms with E-state index in [1.165, 1.54) is 28.0 Å². The maximum Gasteiger partial charge on any atom is 0.405 e. The summed E-state index contributed by atoms with van der Waals surface area (Å²) in [4.78, 5) is 0. The molecule has 1 atom stereocenters. The van der Waals surface area contributed by atoms with Gasteiger partial charge in [-0.15, -0.1) is 0 Å². The summed E-state index contributed by atoms with van der Waals surface area (Å²) in [5, 5.41) is 0. The smallest absolute Gasteiger partial charge is 0.323 e. The Morgan fingerprint density at radius 3 is 1.69 bits per heavy atom. The number of hydrogen-bond acceptors (Lipinski definition) is 5. The van der Waals surface area contributed by atoms with E-state index in [0.717, 1.165) is 0 Å². The predicted octanol–water partition coefficient (Wildman–Crippen LogP) is 1.94. The van der Waals surface area contributed by atoms with E-state index in [1.807, 2.05) is 0 Å². The average Bonchev–Trinajstić information content (AvgIpc) is 2.14. The van der Waals surface area contributed by atoms with Crippen molar-refractivity contribution >= 4 is 15.0 Å². The second-order valence-electron chi connectivity index (χ2n) is 2.11. The molecule has 0 saturated carbocycles. The van der Waals surface area contributed by atoms with Crippen LogP contribution in [0.4, 0.5) is 0 Å². The van der Waals surface area contributed by atoms with Crippen molar-refractivity contribution in [3.63, 3.8) is 0 Å². The average molecular weight is 226 g/mol. The lowest BCUT2D eigenvalue weighted by molar-refractivity contribution is 0.288.